The first kappa shape index (κ1) is 16.8. The lowest BCUT2D eigenvalue weighted by atomic mass is 9.54. The minimum absolute atomic E-state index is 0.0508. The fraction of sp³-hybridized carbons (Fsp3) is 0.611. The van der Waals surface area contributed by atoms with Gasteiger partial charge >= 0.3 is 0 Å². The van der Waals surface area contributed by atoms with Crippen LogP contribution in [0.25, 0.3) is 0 Å². The molecular formula is C18H26N2O2S. The molecule has 23 heavy (non-hydrogen) atoms. The normalized spacial score (nSPS) is 31.8. The first-order valence-electron chi connectivity index (χ1n) is 8.33. The maximum Gasteiger partial charge on any atom is 0.241 e. The van der Waals surface area contributed by atoms with Crippen molar-refractivity contribution >= 4 is 17.7 Å². The minimum Gasteiger partial charge on any atom is -0.378 e. The van der Waals surface area contributed by atoms with Crippen molar-refractivity contribution in [2.75, 3.05) is 12.4 Å². The van der Waals surface area contributed by atoms with E-state index in [0.717, 1.165) is 12.2 Å². The van der Waals surface area contributed by atoms with Gasteiger partial charge in [-0.2, -0.15) is 0 Å². The van der Waals surface area contributed by atoms with E-state index in [9.17, 15) is 4.79 Å². The van der Waals surface area contributed by atoms with Crippen molar-refractivity contribution in [3.8, 4) is 0 Å². The molecule has 5 heteroatoms. The fourth-order valence-electron chi connectivity index (χ4n) is 3.60. The summed E-state index contributed by atoms with van der Waals surface area (Å²) >= 11 is 1.85. The first-order chi connectivity index (χ1) is 10.9. The summed E-state index contributed by atoms with van der Waals surface area (Å²) in [6.45, 7) is 6.68. The van der Waals surface area contributed by atoms with Crippen molar-refractivity contribution in [2.24, 2.45) is 11.1 Å². The summed E-state index contributed by atoms with van der Waals surface area (Å²) in [5, 5.41) is 3.20. The van der Waals surface area contributed by atoms with E-state index in [2.05, 4.69) is 17.4 Å². The lowest BCUT2D eigenvalue weighted by molar-refractivity contribution is -0.171. The third kappa shape index (κ3) is 2.69. The van der Waals surface area contributed by atoms with Gasteiger partial charge in [0.15, 0.2) is 0 Å². The number of carbonyl (C=O) groups excluding carboxylic acids is 1. The van der Waals surface area contributed by atoms with Crippen LogP contribution in [0.4, 0.5) is 0 Å². The third-order valence-corrected chi connectivity index (χ3v) is 6.62. The predicted molar refractivity (Wildman–Crippen MR) is 93.4 cm³/mol. The Morgan fingerprint density at radius 2 is 2.17 bits per heavy atom. The Balaban J connectivity index is 1.74. The van der Waals surface area contributed by atoms with Gasteiger partial charge in [-0.05, 0) is 25.0 Å². The van der Waals surface area contributed by atoms with Crippen LogP contribution in [0.5, 0.6) is 0 Å². The molecule has 3 N–H and O–H groups in total. The highest BCUT2D eigenvalue weighted by atomic mass is 32.2. The number of benzene rings is 1. The van der Waals surface area contributed by atoms with Gasteiger partial charge in [0.2, 0.25) is 5.91 Å². The summed E-state index contributed by atoms with van der Waals surface area (Å²) in [6.07, 6.45) is 1.58. The van der Waals surface area contributed by atoms with Crippen molar-refractivity contribution in [3.05, 3.63) is 29.8 Å². The zero-order valence-corrected chi connectivity index (χ0v) is 14.9. The number of fused-ring (bicyclic) bond motifs is 1. The van der Waals surface area contributed by atoms with Crippen LogP contribution < -0.4 is 11.1 Å². The van der Waals surface area contributed by atoms with Crippen LogP contribution in [0, 0.1) is 5.41 Å². The molecule has 0 saturated heterocycles. The lowest BCUT2D eigenvalue weighted by Crippen LogP contribution is -2.75. The predicted octanol–water partition coefficient (Wildman–Crippen LogP) is 2.87. The van der Waals surface area contributed by atoms with Gasteiger partial charge in [0.05, 0.1) is 12.1 Å². The molecular weight excluding hydrogens is 308 g/mol. The minimum atomic E-state index is -0.855. The molecule has 126 valence electrons. The van der Waals surface area contributed by atoms with Crippen molar-refractivity contribution in [2.45, 2.75) is 56.2 Å². The summed E-state index contributed by atoms with van der Waals surface area (Å²) in [7, 11) is 0. The van der Waals surface area contributed by atoms with Gasteiger partial charge in [-0.25, -0.2) is 0 Å². The smallest absolute Gasteiger partial charge is 0.241 e. The molecule has 2 aliphatic rings. The quantitative estimate of drug-likeness (QED) is 0.889. The van der Waals surface area contributed by atoms with E-state index in [1.54, 1.807) is 0 Å². The van der Waals surface area contributed by atoms with Gasteiger partial charge in [0, 0.05) is 29.1 Å². The van der Waals surface area contributed by atoms with Crippen molar-refractivity contribution in [1.82, 2.24) is 5.32 Å². The molecule has 0 spiro atoms. The Kier molecular flexibility index (Phi) is 4.47. The summed E-state index contributed by atoms with van der Waals surface area (Å²) < 4.78 is 5.72. The van der Waals surface area contributed by atoms with Crippen molar-refractivity contribution in [1.29, 1.82) is 0 Å². The molecule has 1 aliphatic heterocycles. The van der Waals surface area contributed by atoms with Crippen LogP contribution in [0.1, 0.15) is 45.2 Å². The van der Waals surface area contributed by atoms with Gasteiger partial charge in [-0.15, -0.1) is 11.8 Å². The largest absolute Gasteiger partial charge is 0.378 e. The molecule has 1 aromatic rings. The highest BCUT2D eigenvalue weighted by Gasteiger charge is 2.63. The number of thioether (sulfide) groups is 1. The second kappa shape index (κ2) is 6.11. The van der Waals surface area contributed by atoms with E-state index >= 15 is 0 Å². The van der Waals surface area contributed by atoms with Crippen LogP contribution in [0.2, 0.25) is 0 Å². The first-order valence-corrected chi connectivity index (χ1v) is 9.32. The highest BCUT2D eigenvalue weighted by molar-refractivity contribution is 7.99. The Hall–Kier alpha value is -1.04. The Labute approximate surface area is 142 Å². The number of amides is 1. The summed E-state index contributed by atoms with van der Waals surface area (Å²) in [6, 6.07) is 8.35. The Morgan fingerprint density at radius 1 is 1.43 bits per heavy atom. The zero-order chi connectivity index (χ0) is 16.7. The van der Waals surface area contributed by atoms with E-state index in [-0.39, 0.29) is 23.5 Å². The number of ether oxygens (including phenoxy) is 1. The molecule has 0 bridgehead atoms. The Morgan fingerprint density at radius 3 is 2.87 bits per heavy atom. The molecule has 0 radical (unpaired) electrons. The summed E-state index contributed by atoms with van der Waals surface area (Å²) in [5.74, 6) is 0.968. The number of rotatable bonds is 4. The molecule has 4 nitrogen and oxygen atoms in total. The van der Waals surface area contributed by atoms with Crippen LogP contribution in [-0.4, -0.2) is 29.9 Å². The molecule has 1 amide bonds. The topological polar surface area (TPSA) is 64.3 Å². The molecule has 3 rings (SSSR count). The number of nitrogens with one attached hydrogen (secondary N) is 1. The molecule has 1 aromatic carbocycles. The van der Waals surface area contributed by atoms with E-state index in [0.29, 0.717) is 13.0 Å². The second-order valence-electron chi connectivity index (χ2n) is 7.04. The molecule has 1 fully saturated rings. The number of carbonyl (C=O) groups is 1. The lowest BCUT2D eigenvalue weighted by Gasteiger charge is -2.57. The van der Waals surface area contributed by atoms with Gasteiger partial charge in [-0.3, -0.25) is 4.79 Å². The number of hydrogen-bond acceptors (Lipinski definition) is 4. The van der Waals surface area contributed by atoms with Gasteiger partial charge in [0.1, 0.15) is 5.54 Å². The Bertz CT molecular complexity index is 604. The van der Waals surface area contributed by atoms with E-state index in [1.807, 2.05) is 44.7 Å². The molecule has 1 saturated carbocycles. The highest BCUT2D eigenvalue weighted by Crippen LogP contribution is 2.50. The fourth-order valence-corrected chi connectivity index (χ4v) is 4.72. The van der Waals surface area contributed by atoms with Crippen LogP contribution in [0.3, 0.4) is 0 Å². The second-order valence-corrected chi connectivity index (χ2v) is 8.18. The van der Waals surface area contributed by atoms with Gasteiger partial charge in [0.25, 0.3) is 0 Å². The van der Waals surface area contributed by atoms with Gasteiger partial charge in [-0.1, -0.05) is 32.0 Å². The van der Waals surface area contributed by atoms with Crippen LogP contribution in [0.15, 0.2) is 29.2 Å². The molecule has 1 aliphatic carbocycles. The van der Waals surface area contributed by atoms with Crippen LogP contribution >= 0.6 is 11.8 Å². The van der Waals surface area contributed by atoms with Gasteiger partial charge < -0.3 is 15.8 Å². The number of hydrogen-bond donors (Lipinski definition) is 2. The van der Waals surface area contributed by atoms with Crippen LogP contribution in [-0.2, 0) is 9.53 Å². The average molecular weight is 334 g/mol. The molecule has 0 aromatic heterocycles. The zero-order valence-electron chi connectivity index (χ0n) is 14.1. The number of nitrogens with two attached hydrogens (primary N) is 1. The SMILES string of the molecule is CCOC1CC(N)(C(=O)NC2CCSc3ccccc32)C1(C)C. The third-order valence-electron chi connectivity index (χ3n) is 5.50. The van der Waals surface area contributed by atoms with E-state index in [1.165, 1.54) is 10.5 Å². The molecule has 1 heterocycles. The maximum atomic E-state index is 12.9. The molecule has 3 atom stereocenters. The van der Waals surface area contributed by atoms with Crippen molar-refractivity contribution < 1.29 is 9.53 Å². The summed E-state index contributed by atoms with van der Waals surface area (Å²) in [5.41, 5.74) is 6.49. The maximum absolute atomic E-state index is 12.9. The van der Waals surface area contributed by atoms with Crippen molar-refractivity contribution in [3.63, 3.8) is 0 Å². The monoisotopic (exact) mass is 334 g/mol. The van der Waals surface area contributed by atoms with E-state index < -0.39 is 5.54 Å². The molecule has 3 unspecified atom stereocenters. The standard InChI is InChI=1S/C18H26N2O2S/c1-4-22-15-11-18(19,17(15,2)3)16(21)20-13-9-10-23-14-8-6-5-7-12(13)14/h5-8,13,15H,4,9-11,19H2,1-3H3,(H,20,21). The van der Waals surface area contributed by atoms with E-state index in [4.69, 9.17) is 10.5 Å². The average Bonchev–Trinajstić information content (AvgIpc) is 2.54. The summed E-state index contributed by atoms with van der Waals surface area (Å²) in [4.78, 5) is 14.2.